The molecule has 0 aromatic heterocycles. The molecule has 1 aromatic rings. The number of carbonyl (C=O) groups excluding carboxylic acids is 1. The van der Waals surface area contributed by atoms with E-state index in [1.54, 1.807) is 6.92 Å². The first-order valence-electron chi connectivity index (χ1n) is 6.85. The van der Waals surface area contributed by atoms with Gasteiger partial charge in [-0.05, 0) is 38.1 Å². The van der Waals surface area contributed by atoms with Gasteiger partial charge in [0.05, 0.1) is 19.8 Å². The maximum atomic E-state index is 12.2. The normalized spacial score (nSPS) is 12.9. The number of ether oxygens (including phenoxy) is 1. The number of carbonyl (C=O) groups is 1. The lowest BCUT2D eigenvalue weighted by Crippen LogP contribution is -2.13. The Kier molecular flexibility index (Phi) is 8.52. The van der Waals surface area contributed by atoms with Crippen molar-refractivity contribution >= 4 is 34.9 Å². The van der Waals surface area contributed by atoms with E-state index in [4.69, 9.17) is 25.6 Å². The molecule has 118 valence electrons. The average molecular weight is 348 g/mol. The highest BCUT2D eigenvalue weighted by Crippen LogP contribution is 2.66. The molecule has 0 aliphatic carbocycles. The summed E-state index contributed by atoms with van der Waals surface area (Å²) in [5, 5.41) is -0.532. The van der Waals surface area contributed by atoms with Gasteiger partial charge in [0.1, 0.15) is 5.25 Å². The highest BCUT2D eigenvalue weighted by molar-refractivity contribution is 8.68. The van der Waals surface area contributed by atoms with E-state index in [9.17, 15) is 4.79 Å². The summed E-state index contributed by atoms with van der Waals surface area (Å²) in [7, 11) is 0. The van der Waals surface area contributed by atoms with Crippen LogP contribution in [0.3, 0.4) is 0 Å². The van der Waals surface area contributed by atoms with Crippen LogP contribution in [0.2, 0.25) is 0 Å². The van der Waals surface area contributed by atoms with Crippen molar-refractivity contribution in [1.82, 2.24) is 0 Å². The van der Waals surface area contributed by atoms with Crippen molar-refractivity contribution in [3.05, 3.63) is 35.9 Å². The molecule has 0 unspecified atom stereocenters. The van der Waals surface area contributed by atoms with Gasteiger partial charge in [0.2, 0.25) is 5.69 Å². The Morgan fingerprint density at radius 2 is 1.71 bits per heavy atom. The molecule has 0 bridgehead atoms. The smallest absolute Gasteiger partial charge is 0.324 e. The quantitative estimate of drug-likeness (QED) is 0.489. The summed E-state index contributed by atoms with van der Waals surface area (Å²) in [5.41, 5.74) is -1.73. The van der Waals surface area contributed by atoms with Crippen molar-refractivity contribution < 1.29 is 18.6 Å². The zero-order valence-corrected chi connectivity index (χ0v) is 15.0. The number of esters is 1. The van der Waals surface area contributed by atoms with Crippen molar-refractivity contribution in [2.75, 3.05) is 19.8 Å². The van der Waals surface area contributed by atoms with Crippen molar-refractivity contribution in [3.8, 4) is 0 Å². The Hall–Kier alpha value is -0.390. The second kappa shape index (κ2) is 9.59. The Labute approximate surface area is 135 Å². The minimum absolute atomic E-state index is 0.317. The van der Waals surface area contributed by atoms with Crippen LogP contribution in [0, 0.1) is 0 Å². The van der Waals surface area contributed by atoms with Crippen LogP contribution in [-0.4, -0.2) is 25.8 Å². The maximum Gasteiger partial charge on any atom is 0.324 e. The number of benzene rings is 1. The molecule has 0 fully saturated rings. The Morgan fingerprint density at radius 1 is 1.14 bits per heavy atom. The Morgan fingerprint density at radius 3 is 2.19 bits per heavy atom. The highest BCUT2D eigenvalue weighted by Gasteiger charge is 2.32. The standard InChI is InChI=1S/C14H21O4PS2/c1-4-16-14(15)13(12-10-8-7-9-11-12)21-19(20,17-5-2)18-6-3/h7-11,13H,4-6H2,1-3H3/t13-/m0/s1. The SMILES string of the molecule is CCOC(=O)[C@@H](SP(=S)(OCC)OCC)c1ccccc1. The lowest BCUT2D eigenvalue weighted by Gasteiger charge is -2.24. The van der Waals surface area contributed by atoms with Gasteiger partial charge in [-0.3, -0.25) is 4.79 Å². The Bertz CT molecular complexity index is 471. The second-order valence-electron chi connectivity index (χ2n) is 3.93. The number of hydrogen-bond donors (Lipinski definition) is 0. The zero-order chi connectivity index (χ0) is 15.7. The molecule has 0 radical (unpaired) electrons. The van der Waals surface area contributed by atoms with Crippen molar-refractivity contribution in [3.63, 3.8) is 0 Å². The van der Waals surface area contributed by atoms with Gasteiger partial charge in [-0.15, -0.1) is 0 Å². The summed E-state index contributed by atoms with van der Waals surface area (Å²) < 4.78 is 16.4. The van der Waals surface area contributed by atoms with Gasteiger partial charge in [0, 0.05) is 0 Å². The van der Waals surface area contributed by atoms with Gasteiger partial charge in [-0.25, -0.2) is 0 Å². The largest absolute Gasteiger partial charge is 0.465 e. The minimum atomic E-state index is -2.57. The third-order valence-electron chi connectivity index (χ3n) is 2.41. The van der Waals surface area contributed by atoms with Crippen molar-refractivity contribution in [2.24, 2.45) is 0 Å². The molecule has 0 saturated carbocycles. The molecule has 0 saturated heterocycles. The topological polar surface area (TPSA) is 44.8 Å². The van der Waals surface area contributed by atoms with Crippen molar-refractivity contribution in [2.45, 2.75) is 26.0 Å². The first-order valence-corrected chi connectivity index (χ1v) is 11.0. The van der Waals surface area contributed by atoms with E-state index >= 15 is 0 Å². The fourth-order valence-electron chi connectivity index (χ4n) is 1.63. The summed E-state index contributed by atoms with van der Waals surface area (Å²) in [4.78, 5) is 12.2. The summed E-state index contributed by atoms with van der Waals surface area (Å²) in [6, 6.07) is 9.43. The minimum Gasteiger partial charge on any atom is -0.465 e. The van der Waals surface area contributed by atoms with E-state index < -0.39 is 10.9 Å². The van der Waals surface area contributed by atoms with E-state index in [-0.39, 0.29) is 5.97 Å². The summed E-state index contributed by atoms with van der Waals surface area (Å²) in [6.07, 6.45) is 0. The van der Waals surface area contributed by atoms with Gasteiger partial charge in [0.15, 0.2) is 0 Å². The molecule has 7 heteroatoms. The molecular weight excluding hydrogens is 327 g/mol. The molecule has 0 heterocycles. The van der Waals surface area contributed by atoms with Gasteiger partial charge >= 0.3 is 5.97 Å². The van der Waals surface area contributed by atoms with E-state index in [0.717, 1.165) is 5.56 Å². The van der Waals surface area contributed by atoms with Gasteiger partial charge in [-0.2, -0.15) is 0 Å². The predicted molar refractivity (Wildman–Crippen MR) is 90.9 cm³/mol. The van der Waals surface area contributed by atoms with Crippen LogP contribution in [-0.2, 0) is 30.4 Å². The Balaban J connectivity index is 3.01. The molecule has 0 N–H and O–H groups in total. The monoisotopic (exact) mass is 348 g/mol. The van der Waals surface area contributed by atoms with Crippen LogP contribution in [0.1, 0.15) is 31.6 Å². The first kappa shape index (κ1) is 18.7. The molecule has 0 aliphatic rings. The average Bonchev–Trinajstić information content (AvgIpc) is 2.46. The molecular formula is C14H21O4PS2. The molecule has 4 nitrogen and oxygen atoms in total. The summed E-state index contributed by atoms with van der Waals surface area (Å²) in [6.45, 7) is 6.74. The fraction of sp³-hybridized carbons (Fsp3) is 0.500. The lowest BCUT2D eigenvalue weighted by molar-refractivity contribution is -0.142. The molecule has 0 amide bonds. The fourth-order valence-corrected chi connectivity index (χ4v) is 6.95. The number of hydrogen-bond acceptors (Lipinski definition) is 6. The molecule has 0 spiro atoms. The summed E-state index contributed by atoms with van der Waals surface area (Å²) >= 11 is 6.75. The van der Waals surface area contributed by atoms with Crippen LogP contribution >= 0.6 is 17.1 Å². The van der Waals surface area contributed by atoms with E-state index in [0.29, 0.717) is 19.8 Å². The third kappa shape index (κ3) is 6.09. The lowest BCUT2D eigenvalue weighted by atomic mass is 10.1. The summed E-state index contributed by atoms with van der Waals surface area (Å²) in [5.74, 6) is -0.317. The van der Waals surface area contributed by atoms with Crippen molar-refractivity contribution in [1.29, 1.82) is 0 Å². The zero-order valence-electron chi connectivity index (χ0n) is 12.5. The van der Waals surface area contributed by atoms with E-state index in [1.165, 1.54) is 11.4 Å². The van der Waals surface area contributed by atoms with E-state index in [1.807, 2.05) is 44.2 Å². The second-order valence-corrected chi connectivity index (χ2v) is 10.2. The molecule has 21 heavy (non-hydrogen) atoms. The molecule has 0 aliphatic heterocycles. The molecule has 1 aromatic carbocycles. The predicted octanol–water partition coefficient (Wildman–Crippen LogP) is 4.32. The van der Waals surface area contributed by atoms with Crippen LogP contribution in [0.5, 0.6) is 0 Å². The van der Waals surface area contributed by atoms with Crippen LogP contribution < -0.4 is 0 Å². The maximum absolute atomic E-state index is 12.2. The molecule has 1 rings (SSSR count). The molecule has 1 atom stereocenters. The van der Waals surface area contributed by atoms with Gasteiger partial charge in [0.25, 0.3) is 0 Å². The van der Waals surface area contributed by atoms with Crippen LogP contribution in [0.15, 0.2) is 30.3 Å². The van der Waals surface area contributed by atoms with Crippen LogP contribution in [0.25, 0.3) is 0 Å². The van der Waals surface area contributed by atoms with Gasteiger partial charge < -0.3 is 13.8 Å². The third-order valence-corrected chi connectivity index (χ3v) is 7.94. The van der Waals surface area contributed by atoms with E-state index in [2.05, 4.69) is 0 Å². The first-order chi connectivity index (χ1) is 10.1. The highest BCUT2D eigenvalue weighted by atomic mass is 32.9. The van der Waals surface area contributed by atoms with Gasteiger partial charge in [-0.1, -0.05) is 41.7 Å². The number of rotatable bonds is 9. The van der Waals surface area contributed by atoms with Crippen LogP contribution in [0.4, 0.5) is 0 Å².